The number of aromatic nitrogens is 3. The number of anilines is 4. The highest BCUT2D eigenvalue weighted by atomic mass is 32.1. The van der Waals surface area contributed by atoms with Gasteiger partial charge in [-0.25, -0.2) is 4.98 Å². The minimum absolute atomic E-state index is 0.237. The summed E-state index contributed by atoms with van der Waals surface area (Å²) >= 11 is 1.86. The van der Waals surface area contributed by atoms with E-state index in [0.29, 0.717) is 52.9 Å². The summed E-state index contributed by atoms with van der Waals surface area (Å²) in [6.45, 7) is 12.7. The third kappa shape index (κ3) is 6.64. The maximum Gasteiger partial charge on any atom is 0.274 e. The van der Waals surface area contributed by atoms with E-state index in [4.69, 9.17) is 4.74 Å². The summed E-state index contributed by atoms with van der Waals surface area (Å²) in [6.07, 6.45) is 11.0. The van der Waals surface area contributed by atoms with E-state index in [1.807, 2.05) is 29.7 Å². The normalized spacial score (nSPS) is 17.4. The number of carbonyl (C=O) groups is 2. The number of hydrogen-bond donors (Lipinski definition) is 1. The highest BCUT2D eigenvalue weighted by Crippen LogP contribution is 2.43. The van der Waals surface area contributed by atoms with Crippen molar-refractivity contribution < 1.29 is 14.3 Å². The fourth-order valence-corrected chi connectivity index (χ4v) is 8.86. The van der Waals surface area contributed by atoms with E-state index in [-0.39, 0.29) is 11.0 Å². The van der Waals surface area contributed by atoms with Gasteiger partial charge in [0.1, 0.15) is 11.5 Å². The van der Waals surface area contributed by atoms with Crippen LogP contribution in [0.3, 0.4) is 0 Å². The van der Waals surface area contributed by atoms with Crippen LogP contribution in [0, 0.1) is 12.3 Å². The van der Waals surface area contributed by atoms with E-state index >= 15 is 0 Å². The van der Waals surface area contributed by atoms with Gasteiger partial charge in [-0.05, 0) is 60.9 Å². The standard InChI is InChI=1S/C37H43N7O4S/c1-24-28(29-14-37(2,3)15-34(29)49-24)7-8-44(23-46)33-18-38-17-30(31(33)20-45)25-13-32(36(47)41(4)19-25)40-35-6-5-26(16-39-35)42-9-11-43(12-10-42)27-21-48-22-27/h5-6,13,16-20,23,27H,7-12,14-15,21-22H2,1-4H3,(H,39,40). The number of fused-ring (bicyclic) bond motifs is 1. The summed E-state index contributed by atoms with van der Waals surface area (Å²) in [5.74, 6) is 0.538. The van der Waals surface area contributed by atoms with Crippen molar-refractivity contribution in [3.05, 3.63) is 79.8 Å². The molecule has 3 aliphatic rings. The lowest BCUT2D eigenvalue weighted by atomic mass is 9.89. The third-order valence-corrected chi connectivity index (χ3v) is 11.3. The zero-order valence-electron chi connectivity index (χ0n) is 28.6. The lowest BCUT2D eigenvalue weighted by molar-refractivity contribution is -0.107. The Bertz CT molecular complexity index is 1920. The van der Waals surface area contributed by atoms with Crippen molar-refractivity contribution in [3.8, 4) is 11.1 Å². The molecule has 0 atom stereocenters. The Balaban J connectivity index is 1.09. The molecule has 1 aliphatic carbocycles. The first-order valence-corrected chi connectivity index (χ1v) is 17.7. The molecule has 12 heteroatoms. The van der Waals surface area contributed by atoms with Crippen LogP contribution < -0.4 is 20.7 Å². The van der Waals surface area contributed by atoms with Crippen molar-refractivity contribution in [3.63, 3.8) is 0 Å². The van der Waals surface area contributed by atoms with E-state index in [9.17, 15) is 14.4 Å². The number of nitrogens with one attached hydrogen (secondary N) is 1. The molecule has 2 fully saturated rings. The van der Waals surface area contributed by atoms with Crippen LogP contribution in [0.4, 0.5) is 22.9 Å². The number of ether oxygens (including phenoxy) is 1. The predicted molar refractivity (Wildman–Crippen MR) is 194 cm³/mol. The van der Waals surface area contributed by atoms with Gasteiger partial charge in [0.2, 0.25) is 6.41 Å². The van der Waals surface area contributed by atoms with Gasteiger partial charge in [-0.3, -0.25) is 24.3 Å². The van der Waals surface area contributed by atoms with E-state index in [1.54, 1.807) is 36.6 Å². The molecule has 0 spiro atoms. The monoisotopic (exact) mass is 681 g/mol. The molecule has 4 aromatic heterocycles. The van der Waals surface area contributed by atoms with E-state index in [1.165, 1.54) is 25.4 Å². The van der Waals surface area contributed by atoms with Gasteiger partial charge in [0, 0.05) is 78.6 Å². The third-order valence-electron chi connectivity index (χ3n) is 10.1. The molecular weight excluding hydrogens is 639 g/mol. The molecule has 11 nitrogen and oxygen atoms in total. The number of amides is 1. The molecule has 4 aromatic rings. The Labute approximate surface area is 290 Å². The molecule has 1 amide bonds. The Hall–Kier alpha value is -4.39. The number of hydrogen-bond acceptors (Lipinski definition) is 10. The first-order chi connectivity index (χ1) is 23.6. The molecule has 49 heavy (non-hydrogen) atoms. The highest BCUT2D eigenvalue weighted by Gasteiger charge is 2.33. The largest absolute Gasteiger partial charge is 0.378 e. The summed E-state index contributed by atoms with van der Waals surface area (Å²) < 4.78 is 6.82. The van der Waals surface area contributed by atoms with E-state index in [0.717, 1.165) is 70.6 Å². The van der Waals surface area contributed by atoms with Crippen LogP contribution in [0.25, 0.3) is 11.1 Å². The second-order valence-electron chi connectivity index (χ2n) is 14.1. The summed E-state index contributed by atoms with van der Waals surface area (Å²) in [7, 11) is 1.67. The molecule has 6 heterocycles. The van der Waals surface area contributed by atoms with Gasteiger partial charge < -0.3 is 24.4 Å². The van der Waals surface area contributed by atoms with Crippen molar-refractivity contribution in [2.75, 3.05) is 61.1 Å². The molecule has 7 rings (SSSR count). The summed E-state index contributed by atoms with van der Waals surface area (Å²) in [5, 5.41) is 3.18. The van der Waals surface area contributed by atoms with Gasteiger partial charge >= 0.3 is 0 Å². The van der Waals surface area contributed by atoms with Crippen LogP contribution in [-0.2, 0) is 35.8 Å². The quantitative estimate of drug-likeness (QED) is 0.227. The van der Waals surface area contributed by atoms with E-state index in [2.05, 4.69) is 45.9 Å². The zero-order chi connectivity index (χ0) is 34.3. The lowest BCUT2D eigenvalue weighted by Crippen LogP contribution is -2.56. The number of aldehydes is 1. The number of carbonyl (C=O) groups excluding carboxylic acids is 2. The Morgan fingerprint density at radius 3 is 2.57 bits per heavy atom. The number of pyridine rings is 3. The first-order valence-electron chi connectivity index (χ1n) is 16.9. The fourth-order valence-electron chi connectivity index (χ4n) is 7.36. The van der Waals surface area contributed by atoms with Crippen LogP contribution in [0.1, 0.15) is 45.1 Å². The maximum absolute atomic E-state index is 13.2. The van der Waals surface area contributed by atoms with Crippen LogP contribution in [0.15, 0.2) is 47.8 Å². The summed E-state index contributed by atoms with van der Waals surface area (Å²) in [5.41, 5.74) is 6.03. The smallest absolute Gasteiger partial charge is 0.274 e. The molecule has 2 saturated heterocycles. The zero-order valence-corrected chi connectivity index (χ0v) is 29.4. The Kier molecular flexibility index (Phi) is 9.12. The van der Waals surface area contributed by atoms with E-state index < -0.39 is 0 Å². The van der Waals surface area contributed by atoms with Crippen molar-refractivity contribution in [2.24, 2.45) is 12.5 Å². The summed E-state index contributed by atoms with van der Waals surface area (Å²) in [6, 6.07) is 6.15. The van der Waals surface area contributed by atoms with Crippen molar-refractivity contribution in [1.29, 1.82) is 0 Å². The minimum atomic E-state index is -0.237. The molecule has 0 unspecified atom stereocenters. The van der Waals surface area contributed by atoms with Crippen molar-refractivity contribution in [2.45, 2.75) is 46.1 Å². The minimum Gasteiger partial charge on any atom is -0.378 e. The van der Waals surface area contributed by atoms with Crippen LogP contribution >= 0.6 is 11.3 Å². The number of nitrogens with zero attached hydrogens (tertiary/aromatic N) is 6. The number of thiophene rings is 1. The number of rotatable bonds is 11. The second-order valence-corrected chi connectivity index (χ2v) is 15.5. The topological polar surface area (TPSA) is 113 Å². The number of aryl methyl sites for hydroxylation is 2. The second kappa shape index (κ2) is 13.5. The Morgan fingerprint density at radius 2 is 1.90 bits per heavy atom. The highest BCUT2D eigenvalue weighted by molar-refractivity contribution is 7.12. The molecule has 1 N–H and O–H groups in total. The van der Waals surface area contributed by atoms with Crippen molar-refractivity contribution >= 4 is 46.9 Å². The first kappa shape index (κ1) is 33.1. The molecule has 0 aromatic carbocycles. The molecular formula is C37H43N7O4S. The van der Waals surface area contributed by atoms with Gasteiger partial charge in [-0.2, -0.15) is 0 Å². The SMILES string of the molecule is Cc1sc2c(c1CCN(C=O)c1cncc(-c3cc(Nc4ccc(N5CCN(C6COC6)CC5)cn4)c(=O)n(C)c3)c1C=O)CC(C)(C)C2. The van der Waals surface area contributed by atoms with Gasteiger partial charge in [-0.15, -0.1) is 11.3 Å². The van der Waals surface area contributed by atoms with Crippen molar-refractivity contribution in [1.82, 2.24) is 19.4 Å². The van der Waals surface area contributed by atoms with Gasteiger partial charge in [0.15, 0.2) is 6.29 Å². The van der Waals surface area contributed by atoms with Crippen LogP contribution in [0.5, 0.6) is 0 Å². The molecule has 0 bridgehead atoms. The lowest BCUT2D eigenvalue weighted by Gasteiger charge is -2.43. The Morgan fingerprint density at radius 1 is 1.10 bits per heavy atom. The summed E-state index contributed by atoms with van der Waals surface area (Å²) in [4.78, 5) is 56.5. The molecule has 0 radical (unpaired) electrons. The molecule has 0 saturated carbocycles. The van der Waals surface area contributed by atoms with Crippen LogP contribution in [0.2, 0.25) is 0 Å². The molecule has 256 valence electrons. The average Bonchev–Trinajstić information content (AvgIpc) is 3.52. The fraction of sp³-hybridized carbons (Fsp3) is 0.432. The number of piperazine rings is 1. The van der Waals surface area contributed by atoms with Gasteiger partial charge in [0.25, 0.3) is 5.56 Å². The van der Waals surface area contributed by atoms with Gasteiger partial charge in [-0.1, -0.05) is 13.8 Å². The average molecular weight is 682 g/mol. The maximum atomic E-state index is 13.2. The van der Waals surface area contributed by atoms with Gasteiger partial charge in [0.05, 0.1) is 43.0 Å². The van der Waals surface area contributed by atoms with Crippen LogP contribution in [-0.4, -0.2) is 84.1 Å². The molecule has 2 aliphatic heterocycles. The predicted octanol–water partition coefficient (Wildman–Crippen LogP) is 4.62.